The molecule has 136 valence electrons. The number of methoxy groups -OCH3 is 1. The molecule has 24 heavy (non-hydrogen) atoms. The first-order valence-electron chi connectivity index (χ1n) is 8.47. The number of benzene rings is 1. The highest BCUT2D eigenvalue weighted by atomic mass is 35.5. The standard InChI is InChI=1S/C18H28N2O3.ClH/c1-22-11-4-12-23-16-9-7-14(8-10-16)18(21)20-17-6-3-2-5-15(17)13-19;/h7-10,15,17H,2-6,11-13,19H2,1H3,(H,20,21);1H. The normalized spacial score (nSPS) is 20.1. The minimum absolute atomic E-state index is 0. The molecule has 2 unspecified atom stereocenters. The summed E-state index contributed by atoms with van der Waals surface area (Å²) in [6.07, 6.45) is 5.35. The highest BCUT2D eigenvalue weighted by Crippen LogP contribution is 2.24. The lowest BCUT2D eigenvalue weighted by molar-refractivity contribution is 0.0908. The second kappa shape index (κ2) is 11.3. The first-order chi connectivity index (χ1) is 11.2. The molecule has 1 aliphatic rings. The van der Waals surface area contributed by atoms with Crippen molar-refractivity contribution in [2.75, 3.05) is 26.9 Å². The summed E-state index contributed by atoms with van der Waals surface area (Å²) in [6, 6.07) is 7.49. The van der Waals surface area contributed by atoms with Crippen LogP contribution in [0.2, 0.25) is 0 Å². The van der Waals surface area contributed by atoms with Gasteiger partial charge in [0, 0.05) is 31.7 Å². The Labute approximate surface area is 150 Å². The molecule has 6 heteroatoms. The monoisotopic (exact) mass is 356 g/mol. The van der Waals surface area contributed by atoms with E-state index in [1.165, 1.54) is 6.42 Å². The summed E-state index contributed by atoms with van der Waals surface area (Å²) in [5.74, 6) is 1.15. The number of nitrogens with two attached hydrogens (primary N) is 1. The molecule has 0 aromatic heterocycles. The van der Waals surface area contributed by atoms with Gasteiger partial charge in [-0.25, -0.2) is 0 Å². The number of carbonyl (C=O) groups excluding carboxylic acids is 1. The van der Waals surface area contributed by atoms with Gasteiger partial charge in [-0.2, -0.15) is 0 Å². The Morgan fingerprint density at radius 2 is 1.92 bits per heavy atom. The second-order valence-electron chi connectivity index (χ2n) is 6.08. The highest BCUT2D eigenvalue weighted by molar-refractivity contribution is 5.94. The summed E-state index contributed by atoms with van der Waals surface area (Å²) in [7, 11) is 1.68. The molecule has 0 aliphatic heterocycles. The quantitative estimate of drug-likeness (QED) is 0.702. The van der Waals surface area contributed by atoms with Crippen molar-refractivity contribution in [3.8, 4) is 5.75 Å². The average Bonchev–Trinajstić information content (AvgIpc) is 2.59. The fourth-order valence-electron chi connectivity index (χ4n) is 3.03. The fraction of sp³-hybridized carbons (Fsp3) is 0.611. The van der Waals surface area contributed by atoms with E-state index in [2.05, 4.69) is 5.32 Å². The molecule has 5 nitrogen and oxygen atoms in total. The summed E-state index contributed by atoms with van der Waals surface area (Å²) in [4.78, 5) is 12.4. The summed E-state index contributed by atoms with van der Waals surface area (Å²) < 4.78 is 10.6. The zero-order valence-electron chi connectivity index (χ0n) is 14.3. The van der Waals surface area contributed by atoms with Crippen LogP contribution in [0.15, 0.2) is 24.3 Å². The molecule has 1 saturated carbocycles. The van der Waals surface area contributed by atoms with Gasteiger partial charge in [0.05, 0.1) is 6.61 Å². The van der Waals surface area contributed by atoms with Crippen molar-refractivity contribution in [1.29, 1.82) is 0 Å². The van der Waals surface area contributed by atoms with Crippen LogP contribution in [0.5, 0.6) is 5.75 Å². The zero-order valence-corrected chi connectivity index (χ0v) is 15.1. The van der Waals surface area contributed by atoms with E-state index in [0.717, 1.165) is 31.4 Å². The third-order valence-electron chi connectivity index (χ3n) is 4.41. The molecule has 0 spiro atoms. The van der Waals surface area contributed by atoms with Crippen LogP contribution in [0.25, 0.3) is 0 Å². The molecule has 1 aromatic rings. The molecule has 3 N–H and O–H groups in total. The van der Waals surface area contributed by atoms with Crippen LogP contribution >= 0.6 is 12.4 Å². The first kappa shape index (κ1) is 20.7. The van der Waals surface area contributed by atoms with Crippen LogP contribution in [0, 0.1) is 5.92 Å². The Bertz CT molecular complexity index is 482. The van der Waals surface area contributed by atoms with E-state index in [9.17, 15) is 4.79 Å². The molecule has 1 aromatic carbocycles. The molecule has 2 atom stereocenters. The molecule has 2 rings (SSSR count). The molecule has 1 fully saturated rings. The van der Waals surface area contributed by atoms with Crippen LogP contribution in [0.1, 0.15) is 42.5 Å². The summed E-state index contributed by atoms with van der Waals surface area (Å²) in [5, 5.41) is 3.14. The van der Waals surface area contributed by atoms with Crippen molar-refractivity contribution in [2.24, 2.45) is 11.7 Å². The Kier molecular flexibility index (Phi) is 9.76. The van der Waals surface area contributed by atoms with Crippen LogP contribution in [-0.4, -0.2) is 38.8 Å². The topological polar surface area (TPSA) is 73.6 Å². The lowest BCUT2D eigenvalue weighted by Gasteiger charge is -2.31. The number of halogens is 1. The third kappa shape index (κ3) is 6.30. The van der Waals surface area contributed by atoms with Crippen molar-refractivity contribution in [1.82, 2.24) is 5.32 Å². The van der Waals surface area contributed by atoms with Gasteiger partial charge in [0.15, 0.2) is 0 Å². The number of nitrogens with one attached hydrogen (secondary N) is 1. The molecular formula is C18H29ClN2O3. The maximum absolute atomic E-state index is 12.4. The lowest BCUT2D eigenvalue weighted by atomic mass is 9.84. The molecular weight excluding hydrogens is 328 g/mol. The summed E-state index contributed by atoms with van der Waals surface area (Å²) in [6.45, 7) is 1.93. The predicted molar refractivity (Wildman–Crippen MR) is 97.9 cm³/mol. The molecule has 0 radical (unpaired) electrons. The molecule has 0 heterocycles. The minimum Gasteiger partial charge on any atom is -0.494 e. The van der Waals surface area contributed by atoms with E-state index in [-0.39, 0.29) is 24.4 Å². The number of hydrogen-bond acceptors (Lipinski definition) is 4. The van der Waals surface area contributed by atoms with Crippen molar-refractivity contribution < 1.29 is 14.3 Å². The van der Waals surface area contributed by atoms with E-state index >= 15 is 0 Å². The van der Waals surface area contributed by atoms with Crippen LogP contribution in [0.3, 0.4) is 0 Å². The van der Waals surface area contributed by atoms with E-state index in [4.69, 9.17) is 15.2 Å². The van der Waals surface area contributed by atoms with E-state index < -0.39 is 0 Å². The largest absolute Gasteiger partial charge is 0.494 e. The fourth-order valence-corrected chi connectivity index (χ4v) is 3.03. The molecule has 1 amide bonds. The maximum atomic E-state index is 12.4. The van der Waals surface area contributed by atoms with Crippen LogP contribution in [0.4, 0.5) is 0 Å². The maximum Gasteiger partial charge on any atom is 0.251 e. The van der Waals surface area contributed by atoms with E-state index in [1.807, 2.05) is 12.1 Å². The Morgan fingerprint density at radius 1 is 1.21 bits per heavy atom. The number of amides is 1. The first-order valence-corrected chi connectivity index (χ1v) is 8.47. The molecule has 0 bridgehead atoms. The van der Waals surface area contributed by atoms with Gasteiger partial charge in [0.2, 0.25) is 0 Å². The van der Waals surface area contributed by atoms with Gasteiger partial charge >= 0.3 is 0 Å². The van der Waals surface area contributed by atoms with E-state index in [0.29, 0.717) is 31.2 Å². The number of ether oxygens (including phenoxy) is 2. The van der Waals surface area contributed by atoms with Gasteiger partial charge in [-0.1, -0.05) is 12.8 Å². The Morgan fingerprint density at radius 3 is 2.58 bits per heavy atom. The number of carbonyl (C=O) groups is 1. The van der Waals surface area contributed by atoms with E-state index in [1.54, 1.807) is 19.2 Å². The van der Waals surface area contributed by atoms with Crippen molar-refractivity contribution >= 4 is 18.3 Å². The summed E-state index contributed by atoms with van der Waals surface area (Å²) >= 11 is 0. The Balaban J connectivity index is 0.00000288. The van der Waals surface area contributed by atoms with Gasteiger partial charge in [-0.3, -0.25) is 4.79 Å². The van der Waals surface area contributed by atoms with Crippen LogP contribution < -0.4 is 15.8 Å². The SMILES string of the molecule is COCCCOc1ccc(C(=O)NC2CCCCC2CN)cc1.Cl. The van der Waals surface area contributed by atoms with Crippen molar-refractivity contribution in [2.45, 2.75) is 38.1 Å². The van der Waals surface area contributed by atoms with Gasteiger partial charge in [0.1, 0.15) is 5.75 Å². The molecule has 1 aliphatic carbocycles. The molecule has 0 saturated heterocycles. The van der Waals surface area contributed by atoms with Crippen molar-refractivity contribution in [3.05, 3.63) is 29.8 Å². The highest BCUT2D eigenvalue weighted by Gasteiger charge is 2.25. The van der Waals surface area contributed by atoms with Gasteiger partial charge in [-0.05, 0) is 49.6 Å². The third-order valence-corrected chi connectivity index (χ3v) is 4.41. The number of hydrogen-bond donors (Lipinski definition) is 2. The number of rotatable bonds is 8. The minimum atomic E-state index is -0.0266. The van der Waals surface area contributed by atoms with Crippen molar-refractivity contribution in [3.63, 3.8) is 0 Å². The average molecular weight is 357 g/mol. The van der Waals surface area contributed by atoms with Gasteiger partial charge in [0.25, 0.3) is 5.91 Å². The lowest BCUT2D eigenvalue weighted by Crippen LogP contribution is -2.44. The smallest absolute Gasteiger partial charge is 0.251 e. The summed E-state index contributed by atoms with van der Waals surface area (Å²) in [5.41, 5.74) is 6.48. The predicted octanol–water partition coefficient (Wildman–Crippen LogP) is 2.77. The Hall–Kier alpha value is -1.30. The van der Waals surface area contributed by atoms with Gasteiger partial charge in [-0.15, -0.1) is 12.4 Å². The van der Waals surface area contributed by atoms with Crippen LogP contribution in [-0.2, 0) is 4.74 Å². The van der Waals surface area contributed by atoms with Gasteiger partial charge < -0.3 is 20.5 Å². The second-order valence-corrected chi connectivity index (χ2v) is 6.08. The zero-order chi connectivity index (χ0) is 16.5.